The Morgan fingerprint density at radius 3 is 2.46 bits per heavy atom. The van der Waals surface area contributed by atoms with Gasteiger partial charge in [-0.1, -0.05) is 76.3 Å². The summed E-state index contributed by atoms with van der Waals surface area (Å²) in [4.78, 5) is 25.9. The lowest BCUT2D eigenvalue weighted by molar-refractivity contribution is -0.134. The molecule has 1 amide bonds. The number of rotatable bonds is 15. The summed E-state index contributed by atoms with van der Waals surface area (Å²) in [5.74, 6) is 0.575. The minimum Gasteiger partial charge on any atom is -0.493 e. The van der Waals surface area contributed by atoms with Crippen molar-refractivity contribution in [3.05, 3.63) is 59.7 Å². The maximum Gasteiger partial charge on any atom is 0.330 e. The molecule has 2 aromatic rings. The average Bonchev–Trinajstić information content (AvgIpc) is 2.87. The third-order valence-electron chi connectivity index (χ3n) is 5.95. The van der Waals surface area contributed by atoms with Gasteiger partial charge in [0.05, 0.1) is 13.7 Å². The third kappa shape index (κ3) is 9.97. The molecule has 190 valence electrons. The highest BCUT2D eigenvalue weighted by Gasteiger charge is 2.12. The fourth-order valence-electron chi connectivity index (χ4n) is 3.83. The number of ether oxygens (including phenoxy) is 2. The monoisotopic (exact) mass is 479 g/mol. The maximum atomic E-state index is 12.6. The quantitative estimate of drug-likeness (QED) is 0.156. The van der Waals surface area contributed by atoms with Crippen molar-refractivity contribution in [3.63, 3.8) is 0 Å². The van der Waals surface area contributed by atoms with E-state index >= 15 is 0 Å². The zero-order valence-corrected chi connectivity index (χ0v) is 21.8. The SMILES string of the molecule is CCCCCCCC(=O)N(C)Cc1cccc(-c2ccc(C=CC(=O)OC)cc2OCCCC)c1. The Morgan fingerprint density at radius 2 is 1.71 bits per heavy atom. The number of unbranched alkanes of at least 4 members (excludes halogenated alkanes) is 5. The fourth-order valence-corrected chi connectivity index (χ4v) is 3.83. The van der Waals surface area contributed by atoms with Gasteiger partial charge >= 0.3 is 5.97 Å². The first-order valence-electron chi connectivity index (χ1n) is 12.8. The fraction of sp³-hybridized carbons (Fsp3) is 0.467. The van der Waals surface area contributed by atoms with Crippen LogP contribution in [-0.2, 0) is 20.9 Å². The first-order valence-corrected chi connectivity index (χ1v) is 12.8. The number of nitrogens with zero attached hydrogens (tertiary/aromatic N) is 1. The molecule has 0 spiro atoms. The maximum absolute atomic E-state index is 12.6. The van der Waals surface area contributed by atoms with Crippen LogP contribution in [0.4, 0.5) is 0 Å². The standard InChI is InChI=1S/C30H41NO4/c1-5-7-9-10-11-15-29(32)31(3)23-25-13-12-14-26(21-25)27-18-16-24(17-19-30(33)34-4)22-28(27)35-20-8-6-2/h12-14,16-19,21-22H,5-11,15,20,23H2,1-4H3. The molecule has 2 rings (SSSR count). The molecular formula is C30H41NO4. The van der Waals surface area contributed by atoms with Gasteiger partial charge in [0.25, 0.3) is 0 Å². The van der Waals surface area contributed by atoms with Gasteiger partial charge in [-0.2, -0.15) is 0 Å². The highest BCUT2D eigenvalue weighted by atomic mass is 16.5. The number of esters is 1. The lowest BCUT2D eigenvalue weighted by Crippen LogP contribution is -2.25. The van der Waals surface area contributed by atoms with Crippen LogP contribution < -0.4 is 4.74 Å². The Bertz CT molecular complexity index is 967. The summed E-state index contributed by atoms with van der Waals surface area (Å²) in [5.41, 5.74) is 3.98. The van der Waals surface area contributed by atoms with Gasteiger partial charge in [-0.05, 0) is 47.7 Å². The molecule has 0 atom stereocenters. The molecule has 0 aliphatic carbocycles. The minimum atomic E-state index is -0.394. The summed E-state index contributed by atoms with van der Waals surface area (Å²) in [6.45, 7) is 5.53. The van der Waals surface area contributed by atoms with E-state index in [1.165, 1.54) is 32.4 Å². The van der Waals surface area contributed by atoms with Crippen molar-refractivity contribution in [2.24, 2.45) is 0 Å². The highest BCUT2D eigenvalue weighted by molar-refractivity contribution is 5.87. The molecule has 0 heterocycles. The van der Waals surface area contributed by atoms with Crippen LogP contribution in [-0.4, -0.2) is 37.5 Å². The van der Waals surface area contributed by atoms with E-state index in [-0.39, 0.29) is 5.91 Å². The first kappa shape index (κ1) is 28.2. The summed E-state index contributed by atoms with van der Waals surface area (Å²) < 4.78 is 10.8. The van der Waals surface area contributed by atoms with Crippen LogP contribution in [0.1, 0.15) is 76.3 Å². The zero-order chi connectivity index (χ0) is 25.5. The van der Waals surface area contributed by atoms with Crippen molar-refractivity contribution in [1.82, 2.24) is 4.90 Å². The molecule has 0 saturated heterocycles. The van der Waals surface area contributed by atoms with Gasteiger partial charge < -0.3 is 14.4 Å². The Hall–Kier alpha value is -3.08. The molecular weight excluding hydrogens is 438 g/mol. The van der Waals surface area contributed by atoms with Gasteiger partial charge in [0, 0.05) is 31.7 Å². The number of methoxy groups -OCH3 is 1. The number of carbonyl (C=O) groups excluding carboxylic acids is 2. The second-order valence-corrected chi connectivity index (χ2v) is 8.93. The van der Waals surface area contributed by atoms with Crippen LogP contribution in [0.25, 0.3) is 17.2 Å². The van der Waals surface area contributed by atoms with E-state index in [2.05, 4.69) is 36.8 Å². The van der Waals surface area contributed by atoms with Gasteiger partial charge in [-0.25, -0.2) is 4.79 Å². The number of benzene rings is 2. The Morgan fingerprint density at radius 1 is 0.943 bits per heavy atom. The number of hydrogen-bond donors (Lipinski definition) is 0. The number of carbonyl (C=O) groups is 2. The van der Waals surface area contributed by atoms with Crippen LogP contribution in [0.2, 0.25) is 0 Å². The molecule has 35 heavy (non-hydrogen) atoms. The molecule has 0 N–H and O–H groups in total. The van der Waals surface area contributed by atoms with Gasteiger partial charge in [0.2, 0.25) is 5.91 Å². The summed E-state index contributed by atoms with van der Waals surface area (Å²) in [6.07, 6.45) is 11.5. The first-order chi connectivity index (χ1) is 17.0. The Labute approximate surface area is 211 Å². The van der Waals surface area contributed by atoms with Gasteiger partial charge in [-0.3, -0.25) is 4.79 Å². The summed E-state index contributed by atoms with van der Waals surface area (Å²) in [7, 11) is 3.24. The third-order valence-corrected chi connectivity index (χ3v) is 5.95. The van der Waals surface area contributed by atoms with E-state index in [1.54, 1.807) is 6.08 Å². The molecule has 0 saturated carbocycles. The van der Waals surface area contributed by atoms with Crippen molar-refractivity contribution in [2.75, 3.05) is 20.8 Å². The van der Waals surface area contributed by atoms with Crippen molar-refractivity contribution >= 4 is 18.0 Å². The molecule has 5 heteroatoms. The Balaban J connectivity index is 2.15. The molecule has 0 bridgehead atoms. The summed E-state index contributed by atoms with van der Waals surface area (Å²) in [6, 6.07) is 14.2. The van der Waals surface area contributed by atoms with Crippen LogP contribution >= 0.6 is 0 Å². The molecule has 0 aromatic heterocycles. The van der Waals surface area contributed by atoms with Crippen LogP contribution in [0.5, 0.6) is 5.75 Å². The molecule has 0 unspecified atom stereocenters. The second kappa shape index (κ2) is 15.8. The van der Waals surface area contributed by atoms with Crippen molar-refractivity contribution in [2.45, 2.75) is 71.8 Å². The normalized spacial score (nSPS) is 11.0. The van der Waals surface area contributed by atoms with Gasteiger partial charge in [-0.15, -0.1) is 0 Å². The molecule has 0 aliphatic heterocycles. The van der Waals surface area contributed by atoms with Gasteiger partial charge in [0.1, 0.15) is 5.75 Å². The van der Waals surface area contributed by atoms with Crippen molar-refractivity contribution in [3.8, 4) is 16.9 Å². The lowest BCUT2D eigenvalue weighted by atomic mass is 10.00. The van der Waals surface area contributed by atoms with E-state index in [4.69, 9.17) is 4.74 Å². The molecule has 0 fully saturated rings. The molecule has 0 aliphatic rings. The van der Waals surface area contributed by atoms with E-state index < -0.39 is 5.97 Å². The summed E-state index contributed by atoms with van der Waals surface area (Å²) in [5, 5.41) is 0. The second-order valence-electron chi connectivity index (χ2n) is 8.93. The Kier molecular flexibility index (Phi) is 12.7. The van der Waals surface area contributed by atoms with E-state index in [1.807, 2.05) is 36.2 Å². The molecule has 2 aromatic carbocycles. The minimum absolute atomic E-state index is 0.192. The van der Waals surface area contributed by atoms with Gasteiger partial charge in [0.15, 0.2) is 0 Å². The van der Waals surface area contributed by atoms with Crippen molar-refractivity contribution in [1.29, 1.82) is 0 Å². The lowest BCUT2D eigenvalue weighted by Gasteiger charge is -2.18. The predicted molar refractivity (Wildman–Crippen MR) is 143 cm³/mol. The predicted octanol–water partition coefficient (Wildman–Crippen LogP) is 7.04. The number of hydrogen-bond acceptors (Lipinski definition) is 4. The van der Waals surface area contributed by atoms with Crippen LogP contribution in [0.15, 0.2) is 48.5 Å². The smallest absolute Gasteiger partial charge is 0.330 e. The van der Waals surface area contributed by atoms with Crippen molar-refractivity contribution < 1.29 is 19.1 Å². The van der Waals surface area contributed by atoms with E-state index in [0.717, 1.165) is 53.7 Å². The molecule has 0 radical (unpaired) electrons. The van der Waals surface area contributed by atoms with Crippen LogP contribution in [0.3, 0.4) is 0 Å². The highest BCUT2D eigenvalue weighted by Crippen LogP contribution is 2.32. The largest absolute Gasteiger partial charge is 0.493 e. The topological polar surface area (TPSA) is 55.8 Å². The van der Waals surface area contributed by atoms with Crippen LogP contribution in [0, 0.1) is 0 Å². The van der Waals surface area contributed by atoms with E-state index in [0.29, 0.717) is 19.6 Å². The number of amides is 1. The zero-order valence-electron chi connectivity index (χ0n) is 21.8. The molecule has 5 nitrogen and oxygen atoms in total. The average molecular weight is 480 g/mol. The summed E-state index contributed by atoms with van der Waals surface area (Å²) >= 11 is 0. The van der Waals surface area contributed by atoms with E-state index in [9.17, 15) is 9.59 Å².